The number of amides is 2. The van der Waals surface area contributed by atoms with E-state index in [2.05, 4.69) is 4.98 Å². The van der Waals surface area contributed by atoms with Crippen LogP contribution in [0.3, 0.4) is 0 Å². The van der Waals surface area contributed by atoms with Crippen LogP contribution in [0, 0.1) is 5.41 Å². The van der Waals surface area contributed by atoms with Crippen LogP contribution in [0.1, 0.15) is 50.6 Å². The molecule has 1 aromatic heterocycles. The van der Waals surface area contributed by atoms with Gasteiger partial charge in [-0.25, -0.2) is 0 Å². The molecule has 0 bridgehead atoms. The SMILES string of the molecule is N=C(N)NC(=O)c1ccc(C2CCN(C(=O)c3cncc(-c4cccc(N)c4)c3)CC2)c(C(F)(F)F)c1. The number of carbonyl (C=O) groups excluding carboxylic acids is 2. The van der Waals surface area contributed by atoms with Crippen LogP contribution in [-0.2, 0) is 6.18 Å². The quantitative estimate of drug-likeness (QED) is 0.239. The maximum Gasteiger partial charge on any atom is 0.416 e. The molecule has 0 radical (unpaired) electrons. The number of piperidine rings is 1. The Bertz CT molecular complexity index is 1350. The van der Waals surface area contributed by atoms with Gasteiger partial charge in [-0.05, 0) is 60.2 Å². The standard InChI is InChI=1S/C26H25F3N6O2/c27-26(28,29)22-12-17(23(36)34-25(31)32)4-5-21(22)15-6-8-35(9-7-15)24(37)19-10-18(13-33-14-19)16-2-1-3-20(30)11-16/h1-5,10-15H,6-9,30H2,(H4,31,32,34,36). The maximum absolute atomic E-state index is 13.9. The molecule has 2 amide bonds. The molecule has 0 saturated carbocycles. The number of aromatic nitrogens is 1. The zero-order valence-electron chi connectivity index (χ0n) is 19.7. The van der Waals surface area contributed by atoms with Gasteiger partial charge < -0.3 is 16.4 Å². The number of hydrogen-bond donors (Lipinski definition) is 4. The Morgan fingerprint density at radius 1 is 1.00 bits per heavy atom. The second kappa shape index (κ2) is 10.3. The van der Waals surface area contributed by atoms with E-state index in [4.69, 9.17) is 16.9 Å². The van der Waals surface area contributed by atoms with Crippen LogP contribution in [-0.4, -0.2) is 40.7 Å². The van der Waals surface area contributed by atoms with Crippen molar-refractivity contribution < 1.29 is 22.8 Å². The second-order valence-electron chi connectivity index (χ2n) is 8.82. The largest absolute Gasteiger partial charge is 0.416 e. The first kappa shape index (κ1) is 25.7. The minimum absolute atomic E-state index is 0.0734. The highest BCUT2D eigenvalue weighted by atomic mass is 19.4. The lowest BCUT2D eigenvalue weighted by atomic mass is 9.85. The van der Waals surface area contributed by atoms with Crippen molar-refractivity contribution in [2.24, 2.45) is 5.73 Å². The van der Waals surface area contributed by atoms with Crippen molar-refractivity contribution in [1.29, 1.82) is 5.41 Å². The van der Waals surface area contributed by atoms with E-state index in [9.17, 15) is 22.8 Å². The number of nitrogens with two attached hydrogens (primary N) is 2. The maximum atomic E-state index is 13.9. The number of nitrogen functional groups attached to an aromatic ring is 1. The van der Waals surface area contributed by atoms with E-state index in [1.54, 1.807) is 35.4 Å². The summed E-state index contributed by atoms with van der Waals surface area (Å²) in [6.07, 6.45) is -0.915. The summed E-state index contributed by atoms with van der Waals surface area (Å²) in [5.74, 6) is -2.24. The monoisotopic (exact) mass is 510 g/mol. The predicted molar refractivity (Wildman–Crippen MR) is 133 cm³/mol. The third kappa shape index (κ3) is 5.88. The summed E-state index contributed by atoms with van der Waals surface area (Å²) >= 11 is 0. The van der Waals surface area contributed by atoms with Crippen molar-refractivity contribution in [2.45, 2.75) is 24.9 Å². The Morgan fingerprint density at radius 3 is 2.38 bits per heavy atom. The molecule has 37 heavy (non-hydrogen) atoms. The second-order valence-corrected chi connectivity index (χ2v) is 8.82. The van der Waals surface area contributed by atoms with E-state index < -0.39 is 29.5 Å². The lowest BCUT2D eigenvalue weighted by Gasteiger charge is -2.33. The van der Waals surface area contributed by atoms with E-state index in [1.807, 2.05) is 11.4 Å². The minimum atomic E-state index is -4.68. The Labute approximate surface area is 211 Å². The fourth-order valence-electron chi connectivity index (χ4n) is 4.50. The number of alkyl halides is 3. The Kier molecular flexibility index (Phi) is 7.14. The molecular weight excluding hydrogens is 485 g/mol. The number of hydrogen-bond acceptors (Lipinski definition) is 5. The minimum Gasteiger partial charge on any atom is -0.399 e. The van der Waals surface area contributed by atoms with Gasteiger partial charge in [0.25, 0.3) is 11.8 Å². The van der Waals surface area contributed by atoms with E-state index in [0.29, 0.717) is 24.1 Å². The fraction of sp³-hybridized carbons (Fsp3) is 0.231. The summed E-state index contributed by atoms with van der Waals surface area (Å²) in [7, 11) is 0. The fourth-order valence-corrected chi connectivity index (χ4v) is 4.50. The van der Waals surface area contributed by atoms with Gasteiger partial charge in [0.15, 0.2) is 5.96 Å². The van der Waals surface area contributed by atoms with E-state index in [1.165, 1.54) is 18.3 Å². The summed E-state index contributed by atoms with van der Waals surface area (Å²) in [6, 6.07) is 12.3. The average molecular weight is 511 g/mol. The van der Waals surface area contributed by atoms with Gasteiger partial charge in [0.05, 0.1) is 11.1 Å². The number of halogens is 3. The van der Waals surface area contributed by atoms with Crippen LogP contribution in [0.2, 0.25) is 0 Å². The predicted octanol–water partition coefficient (Wildman–Crippen LogP) is 3.99. The number of carbonyl (C=O) groups is 2. The number of pyridine rings is 1. The van der Waals surface area contributed by atoms with Crippen LogP contribution in [0.25, 0.3) is 11.1 Å². The summed E-state index contributed by atoms with van der Waals surface area (Å²) in [6.45, 7) is 0.547. The Morgan fingerprint density at radius 2 is 1.73 bits per heavy atom. The van der Waals surface area contributed by atoms with Crippen molar-refractivity contribution in [2.75, 3.05) is 18.8 Å². The van der Waals surface area contributed by atoms with Gasteiger partial charge in [-0.3, -0.25) is 25.3 Å². The van der Waals surface area contributed by atoms with Gasteiger partial charge in [-0.2, -0.15) is 13.2 Å². The number of guanidine groups is 1. The number of anilines is 1. The molecule has 0 aliphatic carbocycles. The lowest BCUT2D eigenvalue weighted by Crippen LogP contribution is -2.38. The first-order valence-electron chi connectivity index (χ1n) is 11.5. The highest BCUT2D eigenvalue weighted by Crippen LogP contribution is 2.39. The number of rotatable bonds is 4. The third-order valence-electron chi connectivity index (χ3n) is 6.30. The zero-order chi connectivity index (χ0) is 26.7. The molecule has 1 fully saturated rings. The molecule has 1 saturated heterocycles. The van der Waals surface area contributed by atoms with E-state index >= 15 is 0 Å². The van der Waals surface area contributed by atoms with Crippen LogP contribution in [0.5, 0.6) is 0 Å². The number of likely N-dealkylation sites (tertiary alicyclic amines) is 1. The number of nitrogens with zero attached hydrogens (tertiary/aromatic N) is 2. The normalized spacial score (nSPS) is 14.3. The van der Waals surface area contributed by atoms with E-state index in [-0.39, 0.29) is 30.1 Å². The van der Waals surface area contributed by atoms with Crippen LogP contribution in [0.4, 0.5) is 18.9 Å². The molecule has 6 N–H and O–H groups in total. The molecule has 0 spiro atoms. The molecule has 4 rings (SSSR count). The van der Waals surface area contributed by atoms with Gasteiger partial charge in [-0.1, -0.05) is 18.2 Å². The molecule has 2 aromatic carbocycles. The van der Waals surface area contributed by atoms with Crippen molar-refractivity contribution in [3.05, 3.63) is 83.2 Å². The van der Waals surface area contributed by atoms with Crippen LogP contribution >= 0.6 is 0 Å². The van der Waals surface area contributed by atoms with Gasteiger partial charge >= 0.3 is 6.18 Å². The molecule has 0 atom stereocenters. The smallest absolute Gasteiger partial charge is 0.399 e. The lowest BCUT2D eigenvalue weighted by molar-refractivity contribution is -0.138. The molecule has 8 nitrogen and oxygen atoms in total. The molecule has 0 unspecified atom stereocenters. The van der Waals surface area contributed by atoms with E-state index in [0.717, 1.165) is 17.2 Å². The number of nitrogens with one attached hydrogen (secondary N) is 2. The van der Waals surface area contributed by atoms with Crippen molar-refractivity contribution in [1.82, 2.24) is 15.2 Å². The Balaban J connectivity index is 1.50. The highest BCUT2D eigenvalue weighted by molar-refractivity contribution is 6.04. The number of benzene rings is 2. The van der Waals surface area contributed by atoms with Gasteiger partial charge in [0.1, 0.15) is 0 Å². The van der Waals surface area contributed by atoms with Crippen molar-refractivity contribution >= 4 is 23.5 Å². The molecule has 11 heteroatoms. The topological polar surface area (TPSA) is 138 Å². The van der Waals surface area contributed by atoms with Gasteiger partial charge in [0.2, 0.25) is 0 Å². The molecule has 3 aromatic rings. The first-order chi connectivity index (χ1) is 17.5. The van der Waals surface area contributed by atoms with Crippen LogP contribution in [0.15, 0.2) is 60.9 Å². The van der Waals surface area contributed by atoms with Gasteiger partial charge in [-0.15, -0.1) is 0 Å². The molecule has 192 valence electrons. The highest BCUT2D eigenvalue weighted by Gasteiger charge is 2.37. The summed E-state index contributed by atoms with van der Waals surface area (Å²) < 4.78 is 41.6. The van der Waals surface area contributed by atoms with Crippen molar-refractivity contribution in [3.63, 3.8) is 0 Å². The summed E-state index contributed by atoms with van der Waals surface area (Å²) in [4.78, 5) is 31.0. The van der Waals surface area contributed by atoms with Crippen molar-refractivity contribution in [3.8, 4) is 11.1 Å². The summed E-state index contributed by atoms with van der Waals surface area (Å²) in [5, 5.41) is 9.10. The Hall–Kier alpha value is -4.41. The molecule has 2 heterocycles. The van der Waals surface area contributed by atoms with Crippen LogP contribution < -0.4 is 16.8 Å². The molecule has 1 aliphatic heterocycles. The molecule has 1 aliphatic rings. The third-order valence-corrected chi connectivity index (χ3v) is 6.30. The average Bonchev–Trinajstić information content (AvgIpc) is 2.87. The molecular formula is C26H25F3N6O2. The van der Waals surface area contributed by atoms with Gasteiger partial charge in [0, 0.05) is 42.3 Å². The zero-order valence-corrected chi connectivity index (χ0v) is 19.7. The summed E-state index contributed by atoms with van der Waals surface area (Å²) in [5.41, 5.74) is 12.4. The first-order valence-corrected chi connectivity index (χ1v) is 11.5.